The van der Waals surface area contributed by atoms with Gasteiger partial charge in [0, 0.05) is 48.2 Å². The summed E-state index contributed by atoms with van der Waals surface area (Å²) in [5.74, 6) is -0.252. The molecule has 0 saturated heterocycles. The van der Waals surface area contributed by atoms with Gasteiger partial charge >= 0.3 is 0 Å². The lowest BCUT2D eigenvalue weighted by atomic mass is 9.81. The fraction of sp³-hybridized carbons (Fsp3) is 0.357. The van der Waals surface area contributed by atoms with Crippen molar-refractivity contribution in [2.45, 2.75) is 45.1 Å². The maximum absolute atomic E-state index is 13.8. The Morgan fingerprint density at radius 3 is 2.55 bits per heavy atom. The Kier molecular flexibility index (Phi) is 7.64. The van der Waals surface area contributed by atoms with Gasteiger partial charge in [0.2, 0.25) is 17.8 Å². The standard InChI is InChI=1S/C28H29ClN6O3/c1-17-14-31-28(32-15-17)34-25(36)19-7-5-18(6-8-19)16-35-24(13-21-4-2-3-11-30-21)26(37)33-23-12-20(29)9-10-22(23)27(35)38/h2-4,9-12,14-15,18-19,24H,5-8,13,16H2,1H3,(H,33,37)(H,31,32,34,36)/t18-,19-,24-/m1/s1. The van der Waals surface area contributed by atoms with Gasteiger partial charge in [-0.1, -0.05) is 17.7 Å². The number of amides is 3. The molecular formula is C28H29ClN6O3. The molecule has 3 aromatic rings. The summed E-state index contributed by atoms with van der Waals surface area (Å²) in [4.78, 5) is 54.3. The van der Waals surface area contributed by atoms with Crippen molar-refractivity contribution < 1.29 is 14.4 Å². The highest BCUT2D eigenvalue weighted by molar-refractivity contribution is 6.31. The lowest BCUT2D eigenvalue weighted by Gasteiger charge is -2.35. The van der Waals surface area contributed by atoms with Crippen LogP contribution in [0.2, 0.25) is 5.02 Å². The molecule has 1 saturated carbocycles. The number of hydrogen-bond acceptors (Lipinski definition) is 6. The van der Waals surface area contributed by atoms with Gasteiger partial charge < -0.3 is 10.2 Å². The van der Waals surface area contributed by atoms with Crippen LogP contribution in [0.3, 0.4) is 0 Å². The fourth-order valence-corrected chi connectivity index (χ4v) is 5.32. The van der Waals surface area contributed by atoms with Crippen LogP contribution in [0.1, 0.15) is 47.3 Å². The van der Waals surface area contributed by atoms with Crippen LogP contribution in [-0.2, 0) is 16.0 Å². The number of pyridine rings is 1. The first-order valence-corrected chi connectivity index (χ1v) is 13.2. The van der Waals surface area contributed by atoms with E-state index in [2.05, 4.69) is 25.6 Å². The van der Waals surface area contributed by atoms with E-state index in [1.54, 1.807) is 41.7 Å². The summed E-state index contributed by atoms with van der Waals surface area (Å²) in [7, 11) is 0. The van der Waals surface area contributed by atoms with E-state index in [-0.39, 0.29) is 29.6 Å². The Morgan fingerprint density at radius 2 is 1.84 bits per heavy atom. The average molecular weight is 533 g/mol. The van der Waals surface area contributed by atoms with E-state index in [4.69, 9.17) is 11.6 Å². The highest BCUT2D eigenvalue weighted by Crippen LogP contribution is 2.33. The monoisotopic (exact) mass is 532 g/mol. The van der Waals surface area contributed by atoms with Crippen LogP contribution >= 0.6 is 11.6 Å². The van der Waals surface area contributed by atoms with E-state index in [1.807, 2.05) is 25.1 Å². The van der Waals surface area contributed by atoms with E-state index in [0.717, 1.165) is 24.1 Å². The summed E-state index contributed by atoms with van der Waals surface area (Å²) in [5, 5.41) is 6.15. The largest absolute Gasteiger partial charge is 0.326 e. The molecule has 9 nitrogen and oxygen atoms in total. The highest BCUT2D eigenvalue weighted by Gasteiger charge is 2.38. The number of nitrogens with one attached hydrogen (secondary N) is 2. The number of anilines is 2. The normalized spacial score (nSPS) is 21.3. The van der Waals surface area contributed by atoms with Crippen molar-refractivity contribution in [3.05, 3.63) is 76.8 Å². The van der Waals surface area contributed by atoms with Crippen LogP contribution in [0, 0.1) is 18.8 Å². The summed E-state index contributed by atoms with van der Waals surface area (Å²) in [6.45, 7) is 2.31. The van der Waals surface area contributed by atoms with Gasteiger partial charge in [-0.25, -0.2) is 9.97 Å². The third-order valence-corrected chi connectivity index (χ3v) is 7.46. The maximum Gasteiger partial charge on any atom is 0.256 e. The minimum Gasteiger partial charge on any atom is -0.326 e. The van der Waals surface area contributed by atoms with E-state index in [1.165, 1.54) is 0 Å². The van der Waals surface area contributed by atoms with Crippen molar-refractivity contribution in [1.29, 1.82) is 0 Å². The zero-order valence-corrected chi connectivity index (χ0v) is 21.8. The number of benzene rings is 1. The zero-order valence-electron chi connectivity index (χ0n) is 21.1. The predicted molar refractivity (Wildman–Crippen MR) is 144 cm³/mol. The number of carbonyl (C=O) groups excluding carboxylic acids is 3. The molecule has 3 amide bonds. The van der Waals surface area contributed by atoms with E-state index in [9.17, 15) is 14.4 Å². The number of carbonyl (C=O) groups is 3. The molecular weight excluding hydrogens is 504 g/mol. The second-order valence-corrected chi connectivity index (χ2v) is 10.4. The molecule has 0 bridgehead atoms. The number of rotatable bonds is 6. The van der Waals surface area contributed by atoms with Crippen LogP contribution in [0.25, 0.3) is 0 Å². The lowest BCUT2D eigenvalue weighted by molar-refractivity contribution is -0.121. The topological polar surface area (TPSA) is 117 Å². The van der Waals surface area contributed by atoms with Gasteiger partial charge in [0.05, 0.1) is 11.3 Å². The Bertz CT molecular complexity index is 1330. The van der Waals surface area contributed by atoms with E-state index >= 15 is 0 Å². The van der Waals surface area contributed by atoms with Crippen LogP contribution in [0.5, 0.6) is 0 Å². The number of hydrogen-bond donors (Lipinski definition) is 2. The smallest absolute Gasteiger partial charge is 0.256 e. The number of fused-ring (bicyclic) bond motifs is 1. The van der Waals surface area contributed by atoms with Gasteiger partial charge in [-0.15, -0.1) is 0 Å². The van der Waals surface area contributed by atoms with Gasteiger partial charge in [-0.05, 0) is 74.4 Å². The van der Waals surface area contributed by atoms with Gasteiger partial charge in [0.1, 0.15) is 6.04 Å². The molecule has 10 heteroatoms. The molecule has 1 fully saturated rings. The Morgan fingerprint density at radius 1 is 1.08 bits per heavy atom. The van der Waals surface area contributed by atoms with E-state index in [0.29, 0.717) is 48.0 Å². The average Bonchev–Trinajstić information content (AvgIpc) is 3.00. The maximum atomic E-state index is 13.8. The first kappa shape index (κ1) is 25.8. The number of nitrogens with zero attached hydrogens (tertiary/aromatic N) is 4. The molecule has 1 atom stereocenters. The molecule has 2 aromatic heterocycles. The van der Waals surface area contributed by atoms with Gasteiger partial charge in [-0.2, -0.15) is 0 Å². The molecule has 0 spiro atoms. The first-order chi connectivity index (χ1) is 18.4. The molecule has 0 radical (unpaired) electrons. The van der Waals surface area contributed by atoms with E-state index < -0.39 is 6.04 Å². The Labute approximate surface area is 226 Å². The predicted octanol–water partition coefficient (Wildman–Crippen LogP) is 4.28. The van der Waals surface area contributed by atoms with Crippen LogP contribution in [0.4, 0.5) is 11.6 Å². The lowest BCUT2D eigenvalue weighted by Crippen LogP contribution is -2.49. The zero-order chi connectivity index (χ0) is 26.6. The second-order valence-electron chi connectivity index (χ2n) is 9.97. The molecule has 2 N–H and O–H groups in total. The molecule has 1 aromatic carbocycles. The molecule has 1 aliphatic carbocycles. The summed E-state index contributed by atoms with van der Waals surface area (Å²) in [6, 6.07) is 9.74. The molecule has 5 rings (SSSR count). The third kappa shape index (κ3) is 5.83. The Balaban J connectivity index is 1.30. The Hall–Kier alpha value is -3.85. The molecule has 1 aliphatic heterocycles. The minimum absolute atomic E-state index is 0.0867. The van der Waals surface area contributed by atoms with Crippen molar-refractivity contribution in [3.63, 3.8) is 0 Å². The van der Waals surface area contributed by atoms with Crippen molar-refractivity contribution in [2.24, 2.45) is 11.8 Å². The molecule has 196 valence electrons. The van der Waals surface area contributed by atoms with Crippen LogP contribution in [-0.4, -0.2) is 50.2 Å². The van der Waals surface area contributed by atoms with Crippen LogP contribution < -0.4 is 10.6 Å². The molecule has 38 heavy (non-hydrogen) atoms. The summed E-state index contributed by atoms with van der Waals surface area (Å²) >= 11 is 6.15. The molecule has 0 unspecified atom stereocenters. The minimum atomic E-state index is -0.719. The quantitative estimate of drug-likeness (QED) is 0.489. The van der Waals surface area contributed by atoms with Crippen LogP contribution in [0.15, 0.2) is 55.0 Å². The number of aryl methyl sites for hydroxylation is 1. The molecule has 3 heterocycles. The van der Waals surface area contributed by atoms with Gasteiger partial charge in [0.25, 0.3) is 5.91 Å². The van der Waals surface area contributed by atoms with Crippen molar-refractivity contribution in [1.82, 2.24) is 19.9 Å². The summed E-state index contributed by atoms with van der Waals surface area (Å²) in [6.07, 6.45) is 8.22. The molecule has 2 aliphatic rings. The van der Waals surface area contributed by atoms with Crippen molar-refractivity contribution in [2.75, 3.05) is 17.2 Å². The van der Waals surface area contributed by atoms with Gasteiger partial charge in [-0.3, -0.25) is 24.7 Å². The highest BCUT2D eigenvalue weighted by atomic mass is 35.5. The van der Waals surface area contributed by atoms with Crippen molar-refractivity contribution >= 4 is 41.0 Å². The van der Waals surface area contributed by atoms with Gasteiger partial charge in [0.15, 0.2) is 0 Å². The third-order valence-electron chi connectivity index (χ3n) is 7.23. The summed E-state index contributed by atoms with van der Waals surface area (Å²) in [5.41, 5.74) is 2.48. The van der Waals surface area contributed by atoms with Crippen molar-refractivity contribution in [3.8, 4) is 0 Å². The SMILES string of the molecule is Cc1cnc(NC(=O)[C@H]2CC[C@H](CN3C(=O)c4ccc(Cl)cc4NC(=O)[C@H]3Cc3ccccn3)CC2)nc1. The second kappa shape index (κ2) is 11.3. The fourth-order valence-electron chi connectivity index (χ4n) is 5.14. The summed E-state index contributed by atoms with van der Waals surface area (Å²) < 4.78 is 0. The first-order valence-electron chi connectivity index (χ1n) is 12.8. The number of halogens is 1. The number of aromatic nitrogens is 3.